The molecule has 0 aliphatic heterocycles. The highest BCUT2D eigenvalue weighted by atomic mass is 16.4. The Bertz CT molecular complexity index is 1600. The molecule has 3 aromatic carbocycles. The van der Waals surface area contributed by atoms with Gasteiger partial charge in [0.25, 0.3) is 5.91 Å². The highest BCUT2D eigenvalue weighted by Gasteiger charge is 2.29. The third-order valence-electron chi connectivity index (χ3n) is 6.56. The first-order chi connectivity index (χ1) is 18.8. The van der Waals surface area contributed by atoms with E-state index >= 15 is 0 Å². The zero-order valence-corrected chi connectivity index (χ0v) is 21.9. The molecule has 2 atom stereocenters. The minimum atomic E-state index is -0.895. The molecule has 39 heavy (non-hydrogen) atoms. The summed E-state index contributed by atoms with van der Waals surface area (Å²) in [7, 11) is 0. The highest BCUT2D eigenvalue weighted by Crippen LogP contribution is 2.32. The number of aromatic nitrogens is 2. The van der Waals surface area contributed by atoms with E-state index in [0.717, 1.165) is 18.4 Å². The fourth-order valence-electron chi connectivity index (χ4n) is 4.32. The molecule has 1 amide bonds. The Morgan fingerprint density at radius 2 is 1.82 bits per heavy atom. The highest BCUT2D eigenvalue weighted by molar-refractivity contribution is 5.97. The predicted molar refractivity (Wildman–Crippen MR) is 149 cm³/mol. The van der Waals surface area contributed by atoms with Crippen LogP contribution < -0.4 is 11.1 Å². The van der Waals surface area contributed by atoms with Crippen molar-refractivity contribution in [2.45, 2.75) is 44.7 Å². The number of hydrogen-bond donors (Lipinski definition) is 2. The quantitative estimate of drug-likeness (QED) is 0.326. The normalized spacial score (nSPS) is 14.8. The molecule has 0 bridgehead atoms. The van der Waals surface area contributed by atoms with Gasteiger partial charge in [0.2, 0.25) is 11.8 Å². The van der Waals surface area contributed by atoms with Gasteiger partial charge in [0.1, 0.15) is 0 Å². The Balaban J connectivity index is 1.50. The van der Waals surface area contributed by atoms with Crippen LogP contribution in [0.5, 0.6) is 0 Å². The first kappa shape index (κ1) is 25.9. The molecular formula is C32H29N5O2. The van der Waals surface area contributed by atoms with E-state index in [-0.39, 0.29) is 17.8 Å². The summed E-state index contributed by atoms with van der Waals surface area (Å²) in [5.74, 6) is 7.00. The lowest BCUT2D eigenvalue weighted by Gasteiger charge is -2.20. The van der Waals surface area contributed by atoms with Crippen molar-refractivity contribution in [2.75, 3.05) is 0 Å². The van der Waals surface area contributed by atoms with E-state index in [0.29, 0.717) is 46.0 Å². The summed E-state index contributed by atoms with van der Waals surface area (Å²) >= 11 is 0. The Hall–Kier alpha value is -4.72. The Morgan fingerprint density at radius 1 is 1.10 bits per heavy atom. The van der Waals surface area contributed by atoms with Gasteiger partial charge in [0.05, 0.1) is 23.2 Å². The van der Waals surface area contributed by atoms with E-state index in [1.807, 2.05) is 62.4 Å². The number of carbonyl (C=O) groups is 1. The number of nitrogens with one attached hydrogen (secondary N) is 1. The Kier molecular flexibility index (Phi) is 7.27. The maximum atomic E-state index is 13.3. The van der Waals surface area contributed by atoms with Gasteiger partial charge in [0, 0.05) is 17.0 Å². The first-order valence-electron chi connectivity index (χ1n) is 13.0. The van der Waals surface area contributed by atoms with Crippen LogP contribution in [0.2, 0.25) is 0 Å². The van der Waals surface area contributed by atoms with Crippen LogP contribution in [0, 0.1) is 29.1 Å². The van der Waals surface area contributed by atoms with Crippen LogP contribution in [0.3, 0.4) is 0 Å². The number of nitriles is 1. The van der Waals surface area contributed by atoms with Crippen LogP contribution >= 0.6 is 0 Å². The van der Waals surface area contributed by atoms with E-state index in [2.05, 4.69) is 33.4 Å². The average Bonchev–Trinajstić information content (AvgIpc) is 3.64. The topological polar surface area (TPSA) is 118 Å². The van der Waals surface area contributed by atoms with Crippen molar-refractivity contribution in [3.05, 3.63) is 95.4 Å². The van der Waals surface area contributed by atoms with Crippen molar-refractivity contribution in [1.82, 2.24) is 15.5 Å². The molecule has 1 aromatic heterocycles. The minimum Gasteiger partial charge on any atom is -0.419 e. The van der Waals surface area contributed by atoms with E-state index in [4.69, 9.17) is 10.2 Å². The maximum Gasteiger partial charge on any atom is 0.252 e. The van der Waals surface area contributed by atoms with Crippen molar-refractivity contribution in [1.29, 1.82) is 5.26 Å². The van der Waals surface area contributed by atoms with Gasteiger partial charge >= 0.3 is 0 Å². The van der Waals surface area contributed by atoms with Gasteiger partial charge in [-0.25, -0.2) is 0 Å². The average molecular weight is 516 g/mol. The molecule has 1 unspecified atom stereocenters. The fourth-order valence-corrected chi connectivity index (χ4v) is 4.32. The third kappa shape index (κ3) is 6.23. The molecule has 4 aromatic rings. The minimum absolute atomic E-state index is 0.238. The second-order valence-corrected chi connectivity index (χ2v) is 10.2. The predicted octanol–water partition coefficient (Wildman–Crippen LogP) is 5.22. The van der Waals surface area contributed by atoms with Gasteiger partial charge in [0.15, 0.2) is 0 Å². The fraction of sp³-hybridized carbons (Fsp3) is 0.250. The van der Waals surface area contributed by atoms with Crippen molar-refractivity contribution in [3.8, 4) is 40.5 Å². The number of nitrogens with zero attached hydrogens (tertiary/aromatic N) is 3. The molecule has 194 valence electrons. The summed E-state index contributed by atoms with van der Waals surface area (Å²) in [5.41, 5.74) is 9.58. The van der Waals surface area contributed by atoms with E-state index < -0.39 is 5.54 Å². The zero-order valence-electron chi connectivity index (χ0n) is 21.9. The number of hydrogen-bond acceptors (Lipinski definition) is 6. The Morgan fingerprint density at radius 3 is 2.56 bits per heavy atom. The summed E-state index contributed by atoms with van der Waals surface area (Å²) in [6.45, 7) is 3.71. The van der Waals surface area contributed by atoms with Crippen molar-refractivity contribution >= 4 is 5.91 Å². The SMILES string of the molecule is C[C@H](C#CC1CC1)NC(=O)c1cc(-c2nnc(C(C)(N)Cc3ccccc3)o2)cc(-c2ccccc2C#N)c1. The van der Waals surface area contributed by atoms with E-state index in [1.165, 1.54) is 0 Å². The molecular weight excluding hydrogens is 486 g/mol. The molecule has 1 fully saturated rings. The standard InChI is InChI=1S/C32H29N5O2/c1-21(12-13-22-14-15-22)35-29(38)26-16-25(28-11-7-6-10-24(28)20-33)17-27(18-26)30-36-37-31(39-30)32(2,34)19-23-8-4-3-5-9-23/h3-11,16-18,21-22H,14-15,19,34H2,1-2H3,(H,35,38)/t21-,32?/m1/s1. The van der Waals surface area contributed by atoms with Crippen LogP contribution in [0.15, 0.2) is 77.2 Å². The zero-order chi connectivity index (χ0) is 27.4. The van der Waals surface area contributed by atoms with Crippen LogP contribution in [-0.4, -0.2) is 22.1 Å². The van der Waals surface area contributed by atoms with Gasteiger partial charge in [-0.2, -0.15) is 5.26 Å². The molecule has 0 saturated heterocycles. The lowest BCUT2D eigenvalue weighted by molar-refractivity contribution is 0.0948. The molecule has 0 spiro atoms. The van der Waals surface area contributed by atoms with Crippen LogP contribution in [-0.2, 0) is 12.0 Å². The Labute approximate surface area is 228 Å². The molecule has 5 rings (SSSR count). The van der Waals surface area contributed by atoms with Gasteiger partial charge in [-0.05, 0) is 74.1 Å². The largest absolute Gasteiger partial charge is 0.419 e. The molecule has 7 nitrogen and oxygen atoms in total. The molecule has 1 saturated carbocycles. The van der Waals surface area contributed by atoms with Gasteiger partial charge in [-0.1, -0.05) is 60.4 Å². The van der Waals surface area contributed by atoms with Crippen LogP contribution in [0.25, 0.3) is 22.6 Å². The van der Waals surface area contributed by atoms with Crippen molar-refractivity contribution < 1.29 is 9.21 Å². The molecule has 1 heterocycles. The summed E-state index contributed by atoms with van der Waals surface area (Å²) in [6, 6.07) is 24.3. The van der Waals surface area contributed by atoms with Crippen molar-refractivity contribution in [2.24, 2.45) is 11.7 Å². The second-order valence-electron chi connectivity index (χ2n) is 10.2. The monoisotopic (exact) mass is 515 g/mol. The first-order valence-corrected chi connectivity index (χ1v) is 13.0. The van der Waals surface area contributed by atoms with Gasteiger partial charge < -0.3 is 15.5 Å². The molecule has 7 heteroatoms. The molecule has 0 radical (unpaired) electrons. The second kappa shape index (κ2) is 10.9. The van der Waals surface area contributed by atoms with Crippen LogP contribution in [0.4, 0.5) is 0 Å². The summed E-state index contributed by atoms with van der Waals surface area (Å²) in [5, 5.41) is 21.2. The number of amides is 1. The summed E-state index contributed by atoms with van der Waals surface area (Å²) in [4.78, 5) is 13.3. The van der Waals surface area contributed by atoms with Crippen LogP contribution in [0.1, 0.15) is 54.1 Å². The molecule has 1 aliphatic rings. The van der Waals surface area contributed by atoms with Gasteiger partial charge in [-0.15, -0.1) is 10.2 Å². The maximum absolute atomic E-state index is 13.3. The lowest BCUT2D eigenvalue weighted by Crippen LogP contribution is -2.35. The molecule has 3 N–H and O–H groups in total. The summed E-state index contributed by atoms with van der Waals surface area (Å²) in [6.07, 6.45) is 2.76. The number of nitrogens with two attached hydrogens (primary N) is 1. The number of carbonyl (C=O) groups excluding carboxylic acids is 1. The lowest BCUT2D eigenvalue weighted by atomic mass is 9.94. The van der Waals surface area contributed by atoms with Gasteiger partial charge in [-0.3, -0.25) is 4.79 Å². The van der Waals surface area contributed by atoms with E-state index in [1.54, 1.807) is 24.3 Å². The van der Waals surface area contributed by atoms with Crippen molar-refractivity contribution in [3.63, 3.8) is 0 Å². The van der Waals surface area contributed by atoms with E-state index in [9.17, 15) is 10.1 Å². The number of benzene rings is 3. The summed E-state index contributed by atoms with van der Waals surface area (Å²) < 4.78 is 6.08. The molecule has 1 aliphatic carbocycles. The smallest absolute Gasteiger partial charge is 0.252 e. The number of rotatable bonds is 7. The third-order valence-corrected chi connectivity index (χ3v) is 6.56.